The zero-order chi connectivity index (χ0) is 16.7. The number of hydrogen-bond acceptors (Lipinski definition) is 3. The molecule has 0 saturated heterocycles. The summed E-state index contributed by atoms with van der Waals surface area (Å²) in [5, 5.41) is 8.56. The van der Waals surface area contributed by atoms with Gasteiger partial charge in [0.25, 0.3) is 0 Å². The maximum atomic E-state index is 12.6. The molecule has 23 heavy (non-hydrogen) atoms. The molecule has 1 fully saturated rings. The number of rotatable bonds is 8. The minimum Gasteiger partial charge on any atom is -0.481 e. The molecule has 1 aliphatic carbocycles. The molecule has 0 amide bonds. The molecule has 2 rings (SSSR count). The lowest BCUT2D eigenvalue weighted by Crippen LogP contribution is -2.43. The largest absolute Gasteiger partial charge is 0.481 e. The summed E-state index contributed by atoms with van der Waals surface area (Å²) in [6, 6.07) is 9.20. The lowest BCUT2D eigenvalue weighted by molar-refractivity contribution is -0.137. The first-order valence-electron chi connectivity index (χ1n) is 8.24. The molecule has 1 unspecified atom stereocenters. The number of carboxylic acid groups (broad SMARTS) is 1. The van der Waals surface area contributed by atoms with Gasteiger partial charge in [0.15, 0.2) is 0 Å². The summed E-state index contributed by atoms with van der Waals surface area (Å²) in [6.45, 7) is 0. The van der Waals surface area contributed by atoms with Crippen LogP contribution in [0.2, 0.25) is 0 Å². The minimum absolute atomic E-state index is 0.0370. The Balaban J connectivity index is 2.04. The van der Waals surface area contributed by atoms with Gasteiger partial charge in [-0.25, -0.2) is 13.1 Å². The van der Waals surface area contributed by atoms with E-state index in [0.29, 0.717) is 25.7 Å². The quantitative estimate of drug-likeness (QED) is 0.763. The topological polar surface area (TPSA) is 83.5 Å². The molecule has 5 nitrogen and oxygen atoms in total. The summed E-state index contributed by atoms with van der Waals surface area (Å²) in [5.74, 6) is -0.903. The van der Waals surface area contributed by atoms with Crippen molar-refractivity contribution >= 4 is 16.0 Å². The molecule has 1 aliphatic rings. The van der Waals surface area contributed by atoms with Crippen molar-refractivity contribution in [1.29, 1.82) is 0 Å². The summed E-state index contributed by atoms with van der Waals surface area (Å²) in [5.41, 5.74) is 1.01. The van der Waals surface area contributed by atoms with Crippen molar-refractivity contribution in [2.24, 2.45) is 0 Å². The van der Waals surface area contributed by atoms with Gasteiger partial charge in [0, 0.05) is 12.5 Å². The predicted octanol–water partition coefficient (Wildman–Crippen LogP) is 2.71. The van der Waals surface area contributed by atoms with E-state index in [1.807, 2.05) is 30.3 Å². The number of benzene rings is 1. The van der Waals surface area contributed by atoms with Gasteiger partial charge in [-0.15, -0.1) is 0 Å². The highest BCUT2D eigenvalue weighted by Crippen LogP contribution is 2.24. The fourth-order valence-electron chi connectivity index (χ4n) is 3.10. The monoisotopic (exact) mass is 339 g/mol. The normalized spacial score (nSPS) is 17.7. The van der Waals surface area contributed by atoms with E-state index < -0.39 is 16.0 Å². The SMILES string of the molecule is O=C(O)CCC(Cc1ccccc1)NS(=O)(=O)C1CCCCC1. The van der Waals surface area contributed by atoms with Gasteiger partial charge in [-0.05, 0) is 31.2 Å². The first-order valence-corrected chi connectivity index (χ1v) is 9.79. The van der Waals surface area contributed by atoms with Crippen LogP contribution in [0.3, 0.4) is 0 Å². The maximum absolute atomic E-state index is 12.6. The zero-order valence-electron chi connectivity index (χ0n) is 13.3. The van der Waals surface area contributed by atoms with Crippen molar-refractivity contribution in [2.75, 3.05) is 0 Å². The highest BCUT2D eigenvalue weighted by atomic mass is 32.2. The van der Waals surface area contributed by atoms with Crippen molar-refractivity contribution in [2.45, 2.75) is 62.7 Å². The molecule has 0 bridgehead atoms. The highest BCUT2D eigenvalue weighted by Gasteiger charge is 2.29. The second kappa shape index (κ2) is 8.45. The third-order valence-corrected chi connectivity index (χ3v) is 6.36. The van der Waals surface area contributed by atoms with Gasteiger partial charge in [-0.1, -0.05) is 49.6 Å². The van der Waals surface area contributed by atoms with Crippen LogP contribution >= 0.6 is 0 Å². The van der Waals surface area contributed by atoms with Crippen LogP contribution < -0.4 is 4.72 Å². The number of hydrogen-bond donors (Lipinski definition) is 2. The van der Waals surface area contributed by atoms with Crippen LogP contribution in [0.1, 0.15) is 50.5 Å². The number of carboxylic acids is 1. The number of nitrogens with one attached hydrogen (secondary N) is 1. The average Bonchev–Trinajstić information content (AvgIpc) is 2.54. The van der Waals surface area contributed by atoms with Crippen LogP contribution in [0.5, 0.6) is 0 Å². The van der Waals surface area contributed by atoms with Gasteiger partial charge in [0.05, 0.1) is 5.25 Å². The van der Waals surface area contributed by atoms with Crippen molar-refractivity contribution in [1.82, 2.24) is 4.72 Å². The molecule has 1 atom stereocenters. The third-order valence-electron chi connectivity index (χ3n) is 4.35. The van der Waals surface area contributed by atoms with E-state index >= 15 is 0 Å². The van der Waals surface area contributed by atoms with Crippen LogP contribution in [-0.4, -0.2) is 30.8 Å². The van der Waals surface area contributed by atoms with Crippen molar-refractivity contribution in [3.63, 3.8) is 0 Å². The average molecular weight is 339 g/mol. The Morgan fingerprint density at radius 3 is 2.43 bits per heavy atom. The van der Waals surface area contributed by atoms with Crippen LogP contribution in [-0.2, 0) is 21.2 Å². The zero-order valence-corrected chi connectivity index (χ0v) is 14.1. The van der Waals surface area contributed by atoms with E-state index in [1.165, 1.54) is 0 Å². The summed E-state index contributed by atoms with van der Waals surface area (Å²) in [4.78, 5) is 10.8. The third kappa shape index (κ3) is 5.95. The van der Waals surface area contributed by atoms with Gasteiger partial charge in [0.1, 0.15) is 0 Å². The summed E-state index contributed by atoms with van der Waals surface area (Å²) >= 11 is 0. The lowest BCUT2D eigenvalue weighted by atomic mass is 10.0. The number of carbonyl (C=O) groups is 1. The second-order valence-corrected chi connectivity index (χ2v) is 8.23. The van der Waals surface area contributed by atoms with E-state index in [-0.39, 0.29) is 17.7 Å². The van der Waals surface area contributed by atoms with E-state index in [9.17, 15) is 13.2 Å². The van der Waals surface area contributed by atoms with Crippen molar-refractivity contribution in [3.8, 4) is 0 Å². The number of aliphatic carboxylic acids is 1. The van der Waals surface area contributed by atoms with Gasteiger partial charge < -0.3 is 5.11 Å². The summed E-state index contributed by atoms with van der Waals surface area (Å²) < 4.78 is 27.9. The molecule has 1 saturated carbocycles. The Kier molecular flexibility index (Phi) is 6.59. The van der Waals surface area contributed by atoms with Gasteiger partial charge in [-0.2, -0.15) is 0 Å². The van der Waals surface area contributed by atoms with Gasteiger partial charge in [0.2, 0.25) is 10.0 Å². The molecule has 0 aliphatic heterocycles. The molecule has 0 radical (unpaired) electrons. The molecule has 0 aromatic heterocycles. The molecule has 6 heteroatoms. The predicted molar refractivity (Wildman–Crippen MR) is 89.7 cm³/mol. The molecule has 1 aromatic carbocycles. The Morgan fingerprint density at radius 2 is 1.83 bits per heavy atom. The smallest absolute Gasteiger partial charge is 0.303 e. The molecule has 128 valence electrons. The molecule has 0 spiro atoms. The van der Waals surface area contributed by atoms with E-state index in [4.69, 9.17) is 5.11 Å². The lowest BCUT2D eigenvalue weighted by Gasteiger charge is -2.25. The summed E-state index contributed by atoms with van der Waals surface area (Å²) in [6.07, 6.45) is 5.17. The molecule has 2 N–H and O–H groups in total. The van der Waals surface area contributed by atoms with E-state index in [0.717, 1.165) is 24.8 Å². The Hall–Kier alpha value is -1.40. The highest BCUT2D eigenvalue weighted by molar-refractivity contribution is 7.90. The molecule has 0 heterocycles. The Bertz CT molecular complexity index is 594. The van der Waals surface area contributed by atoms with Gasteiger partial charge in [-0.3, -0.25) is 4.79 Å². The first-order chi connectivity index (χ1) is 11.0. The molecule has 1 aromatic rings. The second-order valence-electron chi connectivity index (χ2n) is 6.24. The van der Waals surface area contributed by atoms with E-state index in [1.54, 1.807) is 0 Å². The standard InChI is InChI=1S/C17H25NO4S/c19-17(20)12-11-15(13-14-7-3-1-4-8-14)18-23(21,22)16-9-5-2-6-10-16/h1,3-4,7-8,15-16,18H,2,5-6,9-13H2,(H,19,20). The minimum atomic E-state index is -3.39. The van der Waals surface area contributed by atoms with Crippen LogP contribution in [0.25, 0.3) is 0 Å². The van der Waals surface area contributed by atoms with Gasteiger partial charge >= 0.3 is 5.97 Å². The molecular weight excluding hydrogens is 314 g/mol. The van der Waals surface area contributed by atoms with Crippen LogP contribution in [0, 0.1) is 0 Å². The first kappa shape index (κ1) is 17.9. The number of sulfonamides is 1. The maximum Gasteiger partial charge on any atom is 0.303 e. The fourth-order valence-corrected chi connectivity index (χ4v) is 4.92. The van der Waals surface area contributed by atoms with Crippen molar-refractivity contribution < 1.29 is 18.3 Å². The Morgan fingerprint density at radius 1 is 1.17 bits per heavy atom. The van der Waals surface area contributed by atoms with E-state index in [2.05, 4.69) is 4.72 Å². The Labute approximate surface area is 138 Å². The fraction of sp³-hybridized carbons (Fsp3) is 0.588. The molecular formula is C17H25NO4S. The van der Waals surface area contributed by atoms with Crippen LogP contribution in [0.15, 0.2) is 30.3 Å². The van der Waals surface area contributed by atoms with Crippen LogP contribution in [0.4, 0.5) is 0 Å². The summed E-state index contributed by atoms with van der Waals surface area (Å²) in [7, 11) is -3.39. The van der Waals surface area contributed by atoms with Crippen molar-refractivity contribution in [3.05, 3.63) is 35.9 Å².